The van der Waals surface area contributed by atoms with E-state index in [0.717, 1.165) is 12.5 Å². The van der Waals surface area contributed by atoms with E-state index >= 15 is 0 Å². The van der Waals surface area contributed by atoms with E-state index in [-0.39, 0.29) is 31.2 Å². The first kappa shape index (κ1) is 20.0. The van der Waals surface area contributed by atoms with E-state index in [1.165, 1.54) is 6.08 Å². The number of hydrogen-bond acceptors (Lipinski definition) is 5. The number of unbranched alkanes of at least 4 members (excludes halogenated alkanes) is 1. The highest BCUT2D eigenvalue weighted by atomic mass is 16.5. The molecule has 0 aliphatic heterocycles. The normalized spacial score (nSPS) is 8.40. The summed E-state index contributed by atoms with van der Waals surface area (Å²) in [7, 11) is 0. The van der Waals surface area contributed by atoms with Crippen molar-refractivity contribution in [1.82, 2.24) is 0 Å². The molecule has 6 nitrogen and oxygen atoms in total. The maximum atomic E-state index is 10.8. The van der Waals surface area contributed by atoms with Crippen molar-refractivity contribution in [3.05, 3.63) is 38.3 Å². The molecular formula is C14H20O6. The predicted molar refractivity (Wildman–Crippen MR) is 73.5 cm³/mol. The Morgan fingerprint density at radius 3 is 1.50 bits per heavy atom. The molecule has 0 aliphatic carbocycles. The van der Waals surface area contributed by atoms with Crippen LogP contribution in [0.4, 0.5) is 0 Å². The first-order valence-electron chi connectivity index (χ1n) is 5.91. The van der Waals surface area contributed by atoms with Crippen LogP contribution in [0.15, 0.2) is 38.3 Å². The summed E-state index contributed by atoms with van der Waals surface area (Å²) in [5.41, 5.74) is 0. The average molecular weight is 284 g/mol. The van der Waals surface area contributed by atoms with Crippen molar-refractivity contribution in [1.29, 1.82) is 0 Å². The number of carboxylic acid groups (broad SMARTS) is 1. The first-order valence-corrected chi connectivity index (χ1v) is 5.91. The van der Waals surface area contributed by atoms with Crippen molar-refractivity contribution in [2.24, 2.45) is 0 Å². The third-order valence-corrected chi connectivity index (χ3v) is 1.76. The largest absolute Gasteiger partial charge is 0.481 e. The maximum absolute atomic E-state index is 10.8. The molecule has 20 heavy (non-hydrogen) atoms. The van der Waals surface area contributed by atoms with Crippen LogP contribution < -0.4 is 0 Å². The predicted octanol–water partition coefficient (Wildman–Crippen LogP) is 2.57. The third-order valence-electron chi connectivity index (χ3n) is 1.76. The van der Waals surface area contributed by atoms with Crippen LogP contribution in [0.5, 0.6) is 0 Å². The van der Waals surface area contributed by atoms with Crippen LogP contribution in [0.3, 0.4) is 0 Å². The molecule has 0 bridgehead atoms. The lowest BCUT2D eigenvalue weighted by Gasteiger charge is -1.99. The van der Waals surface area contributed by atoms with Gasteiger partial charge in [-0.1, -0.05) is 19.2 Å². The van der Waals surface area contributed by atoms with Crippen LogP contribution in [0, 0.1) is 0 Å². The van der Waals surface area contributed by atoms with E-state index in [1.807, 2.05) is 0 Å². The van der Waals surface area contributed by atoms with Crippen molar-refractivity contribution in [3.63, 3.8) is 0 Å². The number of hydrogen-bond donors (Lipinski definition) is 1. The minimum Gasteiger partial charge on any atom is -0.481 e. The fraction of sp³-hybridized carbons (Fsp3) is 0.357. The third kappa shape index (κ3) is 18.0. The highest BCUT2D eigenvalue weighted by Gasteiger charge is 2.03. The molecule has 0 spiro atoms. The Kier molecular flexibility index (Phi) is 14.7. The van der Waals surface area contributed by atoms with E-state index in [2.05, 4.69) is 29.2 Å². The summed E-state index contributed by atoms with van der Waals surface area (Å²) in [6, 6.07) is 0. The molecule has 0 heterocycles. The van der Waals surface area contributed by atoms with Crippen LogP contribution in [0.1, 0.15) is 32.1 Å². The van der Waals surface area contributed by atoms with E-state index < -0.39 is 5.97 Å². The molecule has 112 valence electrons. The monoisotopic (exact) mass is 284 g/mol. The lowest BCUT2D eigenvalue weighted by atomic mass is 10.2. The van der Waals surface area contributed by atoms with Crippen LogP contribution in [0.2, 0.25) is 0 Å². The lowest BCUT2D eigenvalue weighted by molar-refractivity contribution is -0.140. The van der Waals surface area contributed by atoms with Gasteiger partial charge < -0.3 is 14.6 Å². The zero-order valence-electron chi connectivity index (χ0n) is 11.4. The molecule has 0 aromatic carbocycles. The topological polar surface area (TPSA) is 89.9 Å². The van der Waals surface area contributed by atoms with Crippen molar-refractivity contribution in [2.75, 3.05) is 0 Å². The summed E-state index contributed by atoms with van der Waals surface area (Å²) in [6.07, 6.45) is 5.35. The summed E-state index contributed by atoms with van der Waals surface area (Å²) in [5.74, 6) is -1.50. The van der Waals surface area contributed by atoms with Gasteiger partial charge in [0.2, 0.25) is 0 Å². The smallest absolute Gasteiger partial charge is 0.310 e. The Hall–Kier alpha value is -2.37. The molecule has 0 rings (SSSR count). The van der Waals surface area contributed by atoms with Crippen molar-refractivity contribution in [3.8, 4) is 0 Å². The molecule has 0 amide bonds. The Bertz CT molecular complexity index is 322. The van der Waals surface area contributed by atoms with Gasteiger partial charge in [0.15, 0.2) is 0 Å². The standard InChI is InChI=1S/C10H14O4.C4H6O2/c1-3-13-9(11)7-5-6-8-10(12)14-4-2;1-2-3-4(5)6/h3-4H,1-2,5-8H2;2H,1,3H2,(H,5,6). The van der Waals surface area contributed by atoms with Gasteiger partial charge in [0.1, 0.15) is 0 Å². The van der Waals surface area contributed by atoms with E-state index in [0.29, 0.717) is 12.8 Å². The van der Waals surface area contributed by atoms with Gasteiger partial charge >= 0.3 is 17.9 Å². The van der Waals surface area contributed by atoms with E-state index in [4.69, 9.17) is 5.11 Å². The Morgan fingerprint density at radius 1 is 0.900 bits per heavy atom. The molecule has 6 heteroatoms. The molecule has 0 fully saturated rings. The summed E-state index contributed by atoms with van der Waals surface area (Å²) >= 11 is 0. The summed E-state index contributed by atoms with van der Waals surface area (Å²) in [6.45, 7) is 9.73. The highest BCUT2D eigenvalue weighted by Crippen LogP contribution is 2.02. The number of ether oxygens (including phenoxy) is 2. The lowest BCUT2D eigenvalue weighted by Crippen LogP contribution is -2.01. The fourth-order valence-corrected chi connectivity index (χ4v) is 0.966. The van der Waals surface area contributed by atoms with Gasteiger partial charge in [-0.05, 0) is 12.8 Å². The van der Waals surface area contributed by atoms with Crippen LogP contribution >= 0.6 is 0 Å². The van der Waals surface area contributed by atoms with E-state index in [1.54, 1.807) is 0 Å². The maximum Gasteiger partial charge on any atom is 0.310 e. The number of esters is 2. The highest BCUT2D eigenvalue weighted by molar-refractivity contribution is 5.71. The molecule has 0 atom stereocenters. The number of carbonyl (C=O) groups excluding carboxylic acids is 2. The summed E-state index contributed by atoms with van der Waals surface area (Å²) < 4.78 is 8.98. The molecule has 0 aromatic heterocycles. The zero-order chi connectivity index (χ0) is 15.8. The number of carbonyl (C=O) groups is 3. The van der Waals surface area contributed by atoms with Crippen molar-refractivity contribution >= 4 is 17.9 Å². The molecule has 0 aliphatic rings. The second kappa shape index (κ2) is 14.7. The number of rotatable bonds is 9. The zero-order valence-corrected chi connectivity index (χ0v) is 11.4. The van der Waals surface area contributed by atoms with Crippen LogP contribution in [0.25, 0.3) is 0 Å². The first-order chi connectivity index (χ1) is 9.47. The van der Waals surface area contributed by atoms with Crippen LogP contribution in [-0.4, -0.2) is 23.0 Å². The summed E-state index contributed by atoms with van der Waals surface area (Å²) in [5, 5.41) is 7.84. The van der Waals surface area contributed by atoms with Gasteiger partial charge in [0, 0.05) is 12.8 Å². The fourth-order valence-electron chi connectivity index (χ4n) is 0.966. The van der Waals surface area contributed by atoms with Gasteiger partial charge in [0.25, 0.3) is 0 Å². The quantitative estimate of drug-likeness (QED) is 0.303. The van der Waals surface area contributed by atoms with Gasteiger partial charge in [-0.25, -0.2) is 0 Å². The Balaban J connectivity index is 0. The van der Waals surface area contributed by atoms with Crippen molar-refractivity contribution in [2.45, 2.75) is 32.1 Å². The SMILES string of the molecule is C=CCC(=O)O.C=COC(=O)CCCCC(=O)OC=C. The molecule has 1 N–H and O–H groups in total. The van der Waals surface area contributed by atoms with Gasteiger partial charge in [-0.2, -0.15) is 0 Å². The molecular weight excluding hydrogens is 264 g/mol. The molecule has 0 unspecified atom stereocenters. The molecule has 0 aromatic rings. The second-order valence-corrected chi connectivity index (χ2v) is 3.41. The van der Waals surface area contributed by atoms with E-state index in [9.17, 15) is 14.4 Å². The summed E-state index contributed by atoms with van der Waals surface area (Å²) in [4.78, 5) is 31.1. The molecule has 0 saturated carbocycles. The second-order valence-electron chi connectivity index (χ2n) is 3.41. The Labute approximate surface area is 118 Å². The minimum absolute atomic E-state index is 0.0556. The molecule has 0 radical (unpaired) electrons. The number of aliphatic carboxylic acids is 1. The average Bonchev–Trinajstić information content (AvgIpc) is 2.36. The minimum atomic E-state index is -0.829. The molecule has 0 saturated heterocycles. The van der Waals surface area contributed by atoms with Gasteiger partial charge in [0.05, 0.1) is 18.9 Å². The Morgan fingerprint density at radius 2 is 1.30 bits per heavy atom. The van der Waals surface area contributed by atoms with Crippen molar-refractivity contribution < 1.29 is 29.0 Å². The van der Waals surface area contributed by atoms with Gasteiger partial charge in [-0.3, -0.25) is 14.4 Å². The van der Waals surface area contributed by atoms with Crippen LogP contribution in [-0.2, 0) is 23.9 Å². The number of carboxylic acids is 1. The van der Waals surface area contributed by atoms with Gasteiger partial charge in [-0.15, -0.1) is 6.58 Å².